The van der Waals surface area contributed by atoms with E-state index in [0.717, 1.165) is 23.0 Å². The number of amides is 1. The zero-order valence-corrected chi connectivity index (χ0v) is 16.3. The second kappa shape index (κ2) is 10.1. The summed E-state index contributed by atoms with van der Waals surface area (Å²) in [5.41, 5.74) is 5.72. The number of sulfonamides is 1. The van der Waals surface area contributed by atoms with Crippen LogP contribution in [0.3, 0.4) is 0 Å². The molecule has 0 aromatic carbocycles. The highest BCUT2D eigenvalue weighted by Crippen LogP contribution is 2.25. The van der Waals surface area contributed by atoms with Gasteiger partial charge in [-0.25, -0.2) is 32.4 Å². The Bertz CT molecular complexity index is 1090. The number of aromatic nitrogens is 2. The molecule has 1 amide bonds. The number of hydrogen-bond donors (Lipinski definition) is 5. The standard InChI is InChI=1S/C11H10FN5O5S2.C2HF3O2/c12-6-1-5(3-14-9(6)16-7(18)2-13)24(21,22)17-10-8(11(19)20)15-4-23-10;3-2(4,5)1(6)7/h1,3-4,17H,2,13H2,(H,19,20)(H,14,16,18);(H,6,7). The molecule has 170 valence electrons. The third-order valence-corrected chi connectivity index (χ3v) is 5.00. The van der Waals surface area contributed by atoms with Crippen molar-refractivity contribution in [3.63, 3.8) is 0 Å². The van der Waals surface area contributed by atoms with E-state index in [1.165, 1.54) is 0 Å². The van der Waals surface area contributed by atoms with Crippen LogP contribution in [0.25, 0.3) is 0 Å². The maximum absolute atomic E-state index is 13.8. The molecule has 0 bridgehead atoms. The number of rotatable bonds is 6. The number of pyridine rings is 1. The Kier molecular flexibility index (Phi) is 8.35. The van der Waals surface area contributed by atoms with Crippen molar-refractivity contribution in [3.8, 4) is 0 Å². The van der Waals surface area contributed by atoms with Gasteiger partial charge in [-0.2, -0.15) is 13.2 Å². The fourth-order valence-corrected chi connectivity index (χ4v) is 3.44. The van der Waals surface area contributed by atoms with Crippen LogP contribution < -0.4 is 15.8 Å². The molecular weight excluding hydrogens is 478 g/mol. The van der Waals surface area contributed by atoms with E-state index in [-0.39, 0.29) is 5.00 Å². The first-order valence-electron chi connectivity index (χ1n) is 7.34. The van der Waals surface area contributed by atoms with E-state index in [1.807, 2.05) is 4.72 Å². The van der Waals surface area contributed by atoms with E-state index in [4.69, 9.17) is 20.7 Å². The Balaban J connectivity index is 0.000000592. The van der Waals surface area contributed by atoms with Gasteiger partial charge in [-0.1, -0.05) is 0 Å². The molecule has 0 unspecified atom stereocenters. The molecule has 12 nitrogen and oxygen atoms in total. The molecule has 2 rings (SSSR count). The molecule has 0 aliphatic rings. The highest BCUT2D eigenvalue weighted by atomic mass is 32.2. The van der Waals surface area contributed by atoms with Crippen molar-refractivity contribution in [1.29, 1.82) is 0 Å². The molecule has 0 saturated carbocycles. The summed E-state index contributed by atoms with van der Waals surface area (Å²) in [6.45, 7) is -0.397. The van der Waals surface area contributed by atoms with E-state index in [1.54, 1.807) is 0 Å². The largest absolute Gasteiger partial charge is 0.490 e. The Morgan fingerprint density at radius 2 is 1.77 bits per heavy atom. The second-order valence-corrected chi connectivity index (χ2v) is 7.53. The summed E-state index contributed by atoms with van der Waals surface area (Å²) in [6, 6.07) is 0.628. The number of nitrogens with zero attached hydrogens (tertiary/aromatic N) is 2. The molecule has 2 aromatic rings. The average Bonchev–Trinajstić information content (AvgIpc) is 3.10. The van der Waals surface area contributed by atoms with Crippen molar-refractivity contribution in [2.45, 2.75) is 11.1 Å². The summed E-state index contributed by atoms with van der Waals surface area (Å²) in [7, 11) is -4.30. The number of carboxylic acids is 2. The topological polar surface area (TPSA) is 202 Å². The number of carbonyl (C=O) groups is 3. The van der Waals surface area contributed by atoms with Gasteiger partial charge in [0.1, 0.15) is 9.90 Å². The average molecular weight is 489 g/mol. The molecule has 0 fully saturated rings. The zero-order valence-electron chi connectivity index (χ0n) is 14.7. The van der Waals surface area contributed by atoms with Crippen molar-refractivity contribution in [3.05, 3.63) is 29.3 Å². The van der Waals surface area contributed by atoms with Gasteiger partial charge in [0.05, 0.1) is 18.3 Å². The minimum absolute atomic E-state index is 0.233. The number of hydrogen-bond acceptors (Lipinski definition) is 9. The predicted octanol–water partition coefficient (Wildman–Crippen LogP) is 0.707. The van der Waals surface area contributed by atoms with Gasteiger partial charge in [0.25, 0.3) is 10.0 Å². The molecule has 0 atom stereocenters. The van der Waals surface area contributed by atoms with Crippen molar-refractivity contribution in [2.24, 2.45) is 5.73 Å². The number of thiazole rings is 1. The maximum Gasteiger partial charge on any atom is 0.490 e. The molecule has 0 saturated heterocycles. The number of carboxylic acid groups (broad SMARTS) is 2. The summed E-state index contributed by atoms with van der Waals surface area (Å²) >= 11 is 0.751. The lowest BCUT2D eigenvalue weighted by Crippen LogP contribution is -2.23. The van der Waals surface area contributed by atoms with E-state index in [9.17, 15) is 35.6 Å². The minimum atomic E-state index is -5.08. The summed E-state index contributed by atoms with van der Waals surface area (Å²) < 4.78 is 71.9. The molecule has 0 radical (unpaired) electrons. The number of anilines is 2. The van der Waals surface area contributed by atoms with Crippen LogP contribution in [0.1, 0.15) is 10.5 Å². The first-order valence-corrected chi connectivity index (χ1v) is 9.70. The van der Waals surface area contributed by atoms with Crippen LogP contribution in [-0.2, 0) is 19.6 Å². The highest BCUT2D eigenvalue weighted by molar-refractivity contribution is 7.93. The Labute approximate surface area is 173 Å². The number of aromatic carboxylic acids is 1. The van der Waals surface area contributed by atoms with Crippen LogP contribution in [0.15, 0.2) is 22.7 Å². The van der Waals surface area contributed by atoms with E-state index in [0.29, 0.717) is 6.07 Å². The third-order valence-electron chi connectivity index (χ3n) is 2.81. The second-order valence-electron chi connectivity index (χ2n) is 5.00. The first-order chi connectivity index (χ1) is 14.2. The van der Waals surface area contributed by atoms with Gasteiger partial charge in [-0.15, -0.1) is 11.3 Å². The van der Waals surface area contributed by atoms with Gasteiger partial charge in [-0.05, 0) is 6.07 Å². The van der Waals surface area contributed by atoms with Crippen molar-refractivity contribution < 1.29 is 50.6 Å². The molecule has 0 aliphatic carbocycles. The van der Waals surface area contributed by atoms with Crippen molar-refractivity contribution in [2.75, 3.05) is 16.6 Å². The van der Waals surface area contributed by atoms with Crippen LogP contribution in [0.2, 0.25) is 0 Å². The summed E-state index contributed by atoms with van der Waals surface area (Å²) in [6.07, 6.45) is -4.28. The molecule has 2 aromatic heterocycles. The van der Waals surface area contributed by atoms with Crippen molar-refractivity contribution >= 4 is 50.0 Å². The highest BCUT2D eigenvalue weighted by Gasteiger charge is 2.38. The number of aliphatic carboxylic acids is 1. The Hall–Kier alpha value is -3.38. The van der Waals surface area contributed by atoms with Gasteiger partial charge in [0.2, 0.25) is 5.91 Å². The fraction of sp³-hybridized carbons (Fsp3) is 0.154. The molecule has 0 aliphatic heterocycles. The Morgan fingerprint density at radius 3 is 2.23 bits per heavy atom. The van der Waals surface area contributed by atoms with Crippen LogP contribution in [-0.4, -0.2) is 59.2 Å². The number of halogens is 4. The quantitative estimate of drug-likeness (QED) is 0.360. The van der Waals surface area contributed by atoms with Crippen LogP contribution in [0.5, 0.6) is 0 Å². The SMILES string of the molecule is NCC(=O)Nc1ncc(S(=O)(=O)Nc2scnc2C(=O)O)cc1F.O=C(O)C(F)(F)F. The lowest BCUT2D eigenvalue weighted by Gasteiger charge is -2.08. The third kappa shape index (κ3) is 7.42. The fourth-order valence-electron chi connectivity index (χ4n) is 1.49. The minimum Gasteiger partial charge on any atom is -0.476 e. The molecule has 2 heterocycles. The molecular formula is C13H11F4N5O7S2. The molecule has 31 heavy (non-hydrogen) atoms. The van der Waals surface area contributed by atoms with Crippen molar-refractivity contribution in [1.82, 2.24) is 9.97 Å². The lowest BCUT2D eigenvalue weighted by molar-refractivity contribution is -0.192. The monoisotopic (exact) mass is 489 g/mol. The summed E-state index contributed by atoms with van der Waals surface area (Å²) in [5, 5.41) is 17.8. The molecule has 18 heteroatoms. The van der Waals surface area contributed by atoms with E-state index >= 15 is 0 Å². The van der Waals surface area contributed by atoms with E-state index < -0.39 is 62.8 Å². The number of alkyl halides is 3. The lowest BCUT2D eigenvalue weighted by atomic mass is 10.4. The van der Waals surface area contributed by atoms with Gasteiger partial charge in [-0.3, -0.25) is 9.52 Å². The predicted molar refractivity (Wildman–Crippen MR) is 95.5 cm³/mol. The Morgan fingerprint density at radius 1 is 1.19 bits per heavy atom. The van der Waals surface area contributed by atoms with E-state index in [2.05, 4.69) is 15.3 Å². The van der Waals surface area contributed by atoms with Gasteiger partial charge >= 0.3 is 18.1 Å². The normalized spacial score (nSPS) is 11.1. The van der Waals surface area contributed by atoms with Crippen LogP contribution in [0.4, 0.5) is 28.4 Å². The number of nitrogens with one attached hydrogen (secondary N) is 2. The maximum atomic E-state index is 13.8. The van der Waals surface area contributed by atoms with Gasteiger partial charge < -0.3 is 21.3 Å². The van der Waals surface area contributed by atoms with Crippen LogP contribution >= 0.6 is 11.3 Å². The first kappa shape index (κ1) is 25.7. The molecule has 0 spiro atoms. The smallest absolute Gasteiger partial charge is 0.476 e. The van der Waals surface area contributed by atoms with Gasteiger partial charge in [0.15, 0.2) is 17.3 Å². The van der Waals surface area contributed by atoms with Gasteiger partial charge in [0, 0.05) is 0 Å². The summed E-state index contributed by atoms with van der Waals surface area (Å²) in [4.78, 5) is 37.4. The zero-order chi connectivity index (χ0) is 24.0. The number of nitrogens with two attached hydrogens (primary N) is 1. The van der Waals surface area contributed by atoms with Crippen LogP contribution in [0, 0.1) is 5.82 Å². The summed E-state index contributed by atoms with van der Waals surface area (Å²) in [5.74, 6) is -6.45. The molecule has 6 N–H and O–H groups in total. The number of carbonyl (C=O) groups excluding carboxylic acids is 1.